The van der Waals surface area contributed by atoms with E-state index in [2.05, 4.69) is 24.5 Å². The Morgan fingerprint density at radius 1 is 1.56 bits per heavy atom. The highest BCUT2D eigenvalue weighted by molar-refractivity contribution is 7.99. The largest absolute Gasteiger partial charge is 0.354 e. The van der Waals surface area contributed by atoms with Gasteiger partial charge in [0.05, 0.1) is 5.75 Å². The summed E-state index contributed by atoms with van der Waals surface area (Å²) in [6, 6.07) is 0.504. The molecule has 3 nitrogen and oxygen atoms in total. The maximum Gasteiger partial charge on any atom is 0.230 e. The molecule has 0 spiro atoms. The Kier molecular flexibility index (Phi) is 6.88. The molecule has 1 unspecified atom stereocenters. The maximum atomic E-state index is 11.5. The van der Waals surface area contributed by atoms with Gasteiger partial charge in [-0.15, -0.1) is 0 Å². The smallest absolute Gasteiger partial charge is 0.230 e. The summed E-state index contributed by atoms with van der Waals surface area (Å²) in [6.45, 7) is 6.33. The van der Waals surface area contributed by atoms with Gasteiger partial charge in [0, 0.05) is 12.6 Å². The molecule has 1 heterocycles. The first-order valence-electron chi connectivity index (χ1n) is 6.26. The Balaban J connectivity index is 1.94. The van der Waals surface area contributed by atoms with E-state index in [-0.39, 0.29) is 5.91 Å². The third kappa shape index (κ3) is 6.38. The van der Waals surface area contributed by atoms with Crippen molar-refractivity contribution in [2.24, 2.45) is 5.92 Å². The Morgan fingerprint density at radius 2 is 2.38 bits per heavy atom. The molecule has 0 aromatic heterocycles. The molecule has 1 amide bonds. The number of carbonyl (C=O) groups excluding carboxylic acids is 1. The highest BCUT2D eigenvalue weighted by Crippen LogP contribution is 2.08. The van der Waals surface area contributed by atoms with E-state index in [1.54, 1.807) is 11.8 Å². The van der Waals surface area contributed by atoms with Crippen LogP contribution in [0.5, 0.6) is 0 Å². The van der Waals surface area contributed by atoms with Crippen LogP contribution >= 0.6 is 11.8 Å². The van der Waals surface area contributed by atoms with Crippen molar-refractivity contribution in [1.29, 1.82) is 0 Å². The summed E-state index contributed by atoms with van der Waals surface area (Å²) < 4.78 is 0. The Bertz CT molecular complexity index is 203. The fourth-order valence-corrected chi connectivity index (χ4v) is 2.77. The monoisotopic (exact) mass is 244 g/mol. The number of hydrogen-bond acceptors (Lipinski definition) is 3. The van der Waals surface area contributed by atoms with E-state index >= 15 is 0 Å². The predicted molar refractivity (Wildman–Crippen MR) is 70.8 cm³/mol. The van der Waals surface area contributed by atoms with Crippen LogP contribution in [0.1, 0.15) is 33.1 Å². The quantitative estimate of drug-likeness (QED) is 0.669. The van der Waals surface area contributed by atoms with Crippen molar-refractivity contribution in [2.75, 3.05) is 24.6 Å². The number of rotatable bonds is 7. The molecule has 0 aromatic carbocycles. The third-order valence-corrected chi connectivity index (χ3v) is 3.77. The lowest BCUT2D eigenvalue weighted by molar-refractivity contribution is -0.118. The lowest BCUT2D eigenvalue weighted by Gasteiger charge is -2.11. The van der Waals surface area contributed by atoms with E-state index in [1.807, 2.05) is 0 Å². The zero-order chi connectivity index (χ0) is 11.8. The molecule has 2 N–H and O–H groups in total. The number of nitrogens with one attached hydrogen (secondary N) is 2. The van der Waals surface area contributed by atoms with Crippen LogP contribution in [-0.4, -0.2) is 36.5 Å². The highest BCUT2D eigenvalue weighted by atomic mass is 32.2. The average molecular weight is 244 g/mol. The molecular formula is C12H24N2OS. The van der Waals surface area contributed by atoms with Gasteiger partial charge >= 0.3 is 0 Å². The second-order valence-electron chi connectivity index (χ2n) is 4.83. The molecule has 1 aliphatic rings. The van der Waals surface area contributed by atoms with Crippen molar-refractivity contribution in [3.63, 3.8) is 0 Å². The normalized spacial score (nSPS) is 20.3. The van der Waals surface area contributed by atoms with Crippen molar-refractivity contribution in [2.45, 2.75) is 39.2 Å². The van der Waals surface area contributed by atoms with E-state index in [0.29, 0.717) is 11.8 Å². The summed E-state index contributed by atoms with van der Waals surface area (Å²) in [5, 5.41) is 6.36. The summed E-state index contributed by atoms with van der Waals surface area (Å²) >= 11 is 1.74. The van der Waals surface area contributed by atoms with Crippen LogP contribution in [0.2, 0.25) is 0 Å². The van der Waals surface area contributed by atoms with Gasteiger partial charge in [-0.25, -0.2) is 0 Å². The molecule has 0 saturated carbocycles. The zero-order valence-electron chi connectivity index (χ0n) is 10.4. The SMILES string of the molecule is CC(C)CCSCC(=O)NCC1CCCN1. The van der Waals surface area contributed by atoms with Crippen LogP contribution in [0.3, 0.4) is 0 Å². The van der Waals surface area contributed by atoms with Crippen LogP contribution in [0.25, 0.3) is 0 Å². The van der Waals surface area contributed by atoms with E-state index in [4.69, 9.17) is 0 Å². The molecule has 1 saturated heterocycles. The Morgan fingerprint density at radius 3 is 3.00 bits per heavy atom. The van der Waals surface area contributed by atoms with Gasteiger partial charge in [-0.3, -0.25) is 4.79 Å². The molecule has 0 radical (unpaired) electrons. The molecular weight excluding hydrogens is 220 g/mol. The van der Waals surface area contributed by atoms with Crippen molar-refractivity contribution >= 4 is 17.7 Å². The first-order valence-corrected chi connectivity index (χ1v) is 7.41. The summed E-state index contributed by atoms with van der Waals surface area (Å²) in [5.74, 6) is 2.62. The molecule has 0 aliphatic carbocycles. The van der Waals surface area contributed by atoms with E-state index in [9.17, 15) is 4.79 Å². The first kappa shape index (κ1) is 13.8. The topological polar surface area (TPSA) is 41.1 Å². The van der Waals surface area contributed by atoms with Crippen LogP contribution in [-0.2, 0) is 4.79 Å². The van der Waals surface area contributed by atoms with E-state index in [0.717, 1.165) is 24.8 Å². The van der Waals surface area contributed by atoms with Crippen molar-refractivity contribution in [3.8, 4) is 0 Å². The fraction of sp³-hybridized carbons (Fsp3) is 0.917. The molecule has 1 atom stereocenters. The molecule has 94 valence electrons. The minimum absolute atomic E-state index is 0.183. The van der Waals surface area contributed by atoms with Gasteiger partial charge in [0.2, 0.25) is 5.91 Å². The molecule has 16 heavy (non-hydrogen) atoms. The molecule has 0 bridgehead atoms. The second kappa shape index (κ2) is 7.96. The minimum atomic E-state index is 0.183. The van der Waals surface area contributed by atoms with Gasteiger partial charge in [-0.05, 0) is 37.5 Å². The van der Waals surface area contributed by atoms with E-state index in [1.165, 1.54) is 19.3 Å². The van der Waals surface area contributed by atoms with Crippen LogP contribution in [0, 0.1) is 5.92 Å². The second-order valence-corrected chi connectivity index (χ2v) is 5.94. The molecule has 0 aromatic rings. The lowest BCUT2D eigenvalue weighted by atomic mass is 10.2. The van der Waals surface area contributed by atoms with Crippen LogP contribution < -0.4 is 10.6 Å². The number of carbonyl (C=O) groups is 1. The number of hydrogen-bond donors (Lipinski definition) is 2. The van der Waals surface area contributed by atoms with Gasteiger partial charge in [-0.2, -0.15) is 11.8 Å². The number of amides is 1. The van der Waals surface area contributed by atoms with Gasteiger partial charge in [0.1, 0.15) is 0 Å². The Labute approximate surface area is 103 Å². The Hall–Kier alpha value is -0.220. The predicted octanol–water partition coefficient (Wildman–Crippen LogP) is 1.63. The van der Waals surface area contributed by atoms with Gasteiger partial charge in [0.15, 0.2) is 0 Å². The maximum absolute atomic E-state index is 11.5. The summed E-state index contributed by atoms with van der Waals surface area (Å²) in [5.41, 5.74) is 0. The van der Waals surface area contributed by atoms with Crippen molar-refractivity contribution in [3.05, 3.63) is 0 Å². The van der Waals surface area contributed by atoms with Crippen molar-refractivity contribution in [1.82, 2.24) is 10.6 Å². The molecule has 4 heteroatoms. The average Bonchev–Trinajstić information content (AvgIpc) is 2.74. The highest BCUT2D eigenvalue weighted by Gasteiger charge is 2.14. The number of thioether (sulfide) groups is 1. The van der Waals surface area contributed by atoms with Gasteiger partial charge in [0.25, 0.3) is 0 Å². The summed E-state index contributed by atoms with van der Waals surface area (Å²) in [4.78, 5) is 11.5. The lowest BCUT2D eigenvalue weighted by Crippen LogP contribution is -2.37. The molecule has 1 aliphatic heterocycles. The standard InChI is InChI=1S/C12H24N2OS/c1-10(2)5-7-16-9-12(15)14-8-11-4-3-6-13-11/h10-11,13H,3-9H2,1-2H3,(H,14,15). The third-order valence-electron chi connectivity index (χ3n) is 2.78. The minimum Gasteiger partial charge on any atom is -0.354 e. The summed E-state index contributed by atoms with van der Waals surface area (Å²) in [7, 11) is 0. The van der Waals surface area contributed by atoms with Gasteiger partial charge in [-0.1, -0.05) is 13.8 Å². The fourth-order valence-electron chi connectivity index (χ4n) is 1.70. The van der Waals surface area contributed by atoms with Crippen LogP contribution in [0.4, 0.5) is 0 Å². The van der Waals surface area contributed by atoms with Crippen molar-refractivity contribution < 1.29 is 4.79 Å². The van der Waals surface area contributed by atoms with E-state index < -0.39 is 0 Å². The summed E-state index contributed by atoms with van der Waals surface area (Å²) in [6.07, 6.45) is 3.63. The van der Waals surface area contributed by atoms with Gasteiger partial charge < -0.3 is 10.6 Å². The van der Waals surface area contributed by atoms with Crippen LogP contribution in [0.15, 0.2) is 0 Å². The molecule has 1 rings (SSSR count). The first-order chi connectivity index (χ1) is 7.68. The zero-order valence-corrected chi connectivity index (χ0v) is 11.2. The molecule has 1 fully saturated rings.